The maximum atomic E-state index is 14.2. The molecule has 0 unspecified atom stereocenters. The number of aromatic nitrogens is 3. The zero-order valence-corrected chi connectivity index (χ0v) is 35.9. The number of allylic oxidation sites excluding steroid dienone is 2. The van der Waals surface area contributed by atoms with Crippen molar-refractivity contribution in [3.05, 3.63) is 41.4 Å². The third-order valence-electron chi connectivity index (χ3n) is 10.9. The minimum absolute atomic E-state index is 0.00198. The number of rotatable bonds is 16. The van der Waals surface area contributed by atoms with E-state index in [9.17, 15) is 24.3 Å². The van der Waals surface area contributed by atoms with Gasteiger partial charge in [-0.25, -0.2) is 9.78 Å². The fraction of sp³-hybridized carbons (Fsp3) is 0.610. The first-order chi connectivity index (χ1) is 26.6. The molecule has 4 N–H and O–H groups in total. The van der Waals surface area contributed by atoms with E-state index < -0.39 is 51.1 Å². The number of nitrogens with two attached hydrogens (primary N) is 1. The van der Waals surface area contributed by atoms with Crippen molar-refractivity contribution < 1.29 is 33.8 Å². The number of benzene rings is 1. The number of carbonyl (C=O) groups is 4. The average molecular weight is 903 g/mol. The molecule has 0 bridgehead atoms. The highest BCUT2D eigenvalue weighted by atomic mass is 127. The lowest BCUT2D eigenvalue weighted by Gasteiger charge is -2.28. The van der Waals surface area contributed by atoms with Crippen LogP contribution in [0.15, 0.2) is 35.7 Å². The predicted molar refractivity (Wildman–Crippen MR) is 224 cm³/mol. The first kappa shape index (κ1) is 41.9. The minimum Gasteiger partial charge on any atom is -0.480 e. The molecule has 13 nitrogen and oxygen atoms in total. The number of carboxylic acids is 1. The van der Waals surface area contributed by atoms with Gasteiger partial charge in [0.05, 0.1) is 17.8 Å². The second-order valence-corrected chi connectivity index (χ2v) is 19.5. The molecular weight excluding hydrogens is 847 g/mol. The summed E-state index contributed by atoms with van der Waals surface area (Å²) in [7, 11) is 0. The van der Waals surface area contributed by atoms with Crippen LogP contribution in [0.3, 0.4) is 0 Å². The summed E-state index contributed by atoms with van der Waals surface area (Å²) >= 11 is 3.65. The van der Waals surface area contributed by atoms with Gasteiger partial charge in [-0.3, -0.25) is 19.0 Å². The molecule has 3 fully saturated rings. The van der Waals surface area contributed by atoms with E-state index in [-0.39, 0.29) is 24.9 Å². The van der Waals surface area contributed by atoms with Crippen LogP contribution in [0.4, 0.5) is 4.79 Å². The standard InChI is InChI=1S/C41H55IN6O7S/c1-24(2)48-31-19-13-17-28(35-44-30(23-56-35)25-14-11-12-15-25)33(31)46-38(48)54-27-20-32(34(43)49)47(22-27)36(50)29(45-39(53)55-40(3,4)5)18-10-8-6-7-9-16-26-21-41(26,42)37(51)52/h9,13,16-17,19,23-27,29,32H,6-8,10-12,14-15,18,20-22H2,1-5H3,(H2,43,49)(H,45,53)(H,51,52)/b16-9-/t26-,27-,29+,32+,41-/m1/s1. The Morgan fingerprint density at radius 2 is 1.89 bits per heavy atom. The number of unbranched alkanes of at least 4 members (excludes halogenated alkanes) is 3. The largest absolute Gasteiger partial charge is 0.480 e. The van der Waals surface area contributed by atoms with E-state index >= 15 is 0 Å². The summed E-state index contributed by atoms with van der Waals surface area (Å²) in [6.45, 7) is 9.46. The van der Waals surface area contributed by atoms with Crippen LogP contribution in [0.1, 0.15) is 123 Å². The number of para-hydroxylation sites is 1. The summed E-state index contributed by atoms with van der Waals surface area (Å²) in [6, 6.07) is 4.58. The Kier molecular flexibility index (Phi) is 13.0. The van der Waals surface area contributed by atoms with Crippen molar-refractivity contribution in [3.63, 3.8) is 0 Å². The van der Waals surface area contributed by atoms with Crippen molar-refractivity contribution in [2.24, 2.45) is 11.7 Å². The summed E-state index contributed by atoms with van der Waals surface area (Å²) in [5.74, 6) is -1.29. The minimum atomic E-state index is -0.946. The highest BCUT2D eigenvalue weighted by Crippen LogP contribution is 2.52. The summed E-state index contributed by atoms with van der Waals surface area (Å²) in [5, 5.41) is 15.2. The van der Waals surface area contributed by atoms with E-state index in [2.05, 4.69) is 24.5 Å². The van der Waals surface area contributed by atoms with Gasteiger partial charge in [-0.1, -0.05) is 66.5 Å². The molecule has 1 saturated heterocycles. The van der Waals surface area contributed by atoms with Gasteiger partial charge in [-0.05, 0) is 85.3 Å². The number of halogens is 1. The number of alkyl halides is 1. The van der Waals surface area contributed by atoms with Gasteiger partial charge in [0.25, 0.3) is 6.01 Å². The van der Waals surface area contributed by atoms with Gasteiger partial charge in [0.1, 0.15) is 37.7 Å². The van der Waals surface area contributed by atoms with Crippen LogP contribution in [-0.4, -0.2) is 82.2 Å². The molecule has 3 amide bonds. The average Bonchev–Trinajstić information content (AvgIpc) is 3.74. The topological polar surface area (TPSA) is 179 Å². The first-order valence-electron chi connectivity index (χ1n) is 19.9. The quantitative estimate of drug-likeness (QED) is 0.0558. The summed E-state index contributed by atoms with van der Waals surface area (Å²) in [6.07, 6.45) is 11.7. The number of hydrogen-bond acceptors (Lipinski definition) is 9. The summed E-state index contributed by atoms with van der Waals surface area (Å²) in [4.78, 5) is 62.9. The molecule has 3 heterocycles. The number of likely N-dealkylation sites (tertiary alicyclic amines) is 1. The zero-order chi connectivity index (χ0) is 40.4. The van der Waals surface area contributed by atoms with Crippen LogP contribution in [0.5, 0.6) is 6.01 Å². The van der Waals surface area contributed by atoms with Crippen molar-refractivity contribution in [2.45, 2.75) is 144 Å². The normalized spacial score (nSPS) is 23.3. The van der Waals surface area contributed by atoms with Crippen LogP contribution >= 0.6 is 33.9 Å². The van der Waals surface area contributed by atoms with Crippen molar-refractivity contribution >= 4 is 68.8 Å². The van der Waals surface area contributed by atoms with Crippen molar-refractivity contribution in [1.29, 1.82) is 0 Å². The number of ether oxygens (including phenoxy) is 2. The maximum Gasteiger partial charge on any atom is 0.408 e. The number of nitrogens with zero attached hydrogens (tertiary/aromatic N) is 4. The number of primary amides is 1. The SMILES string of the molecule is CC(C)n1c(O[C@@H]2C[C@@H](C(N)=O)N(C(=O)[C@H](CCCCC/C=C\[C@@H]3C[C@]3(I)C(=O)O)NC(=O)OC(C)(C)C)C2)nc2c(-c3nc(C4CCCC4)cs3)cccc21. The molecule has 56 heavy (non-hydrogen) atoms. The predicted octanol–water partition coefficient (Wildman–Crippen LogP) is 7.91. The Morgan fingerprint density at radius 1 is 1.14 bits per heavy atom. The maximum absolute atomic E-state index is 14.2. The van der Waals surface area contributed by atoms with E-state index in [0.717, 1.165) is 46.6 Å². The molecule has 1 aromatic carbocycles. The molecule has 3 aliphatic rings. The lowest BCUT2D eigenvalue weighted by Crippen LogP contribution is -2.53. The Balaban J connectivity index is 1.15. The molecule has 2 aromatic heterocycles. The molecular formula is C41H55IN6O7S. The van der Waals surface area contributed by atoms with E-state index in [0.29, 0.717) is 31.2 Å². The molecule has 15 heteroatoms. The lowest BCUT2D eigenvalue weighted by atomic mass is 10.0. The van der Waals surface area contributed by atoms with E-state index in [1.54, 1.807) is 32.1 Å². The van der Waals surface area contributed by atoms with Crippen LogP contribution < -0.4 is 15.8 Å². The zero-order valence-electron chi connectivity index (χ0n) is 33.0. The van der Waals surface area contributed by atoms with Gasteiger partial charge in [-0.15, -0.1) is 11.3 Å². The Morgan fingerprint density at radius 3 is 2.55 bits per heavy atom. The molecule has 3 aromatic rings. The fourth-order valence-corrected chi connectivity index (χ4v) is 9.51. The fourth-order valence-electron chi connectivity index (χ4n) is 7.90. The van der Waals surface area contributed by atoms with E-state index in [1.165, 1.54) is 30.6 Å². The van der Waals surface area contributed by atoms with Crippen molar-refractivity contribution in [2.75, 3.05) is 6.54 Å². The Hall–Kier alpha value is -3.73. The molecule has 5 atom stereocenters. The van der Waals surface area contributed by atoms with E-state index in [1.807, 2.05) is 57.5 Å². The smallest absolute Gasteiger partial charge is 0.408 e. The van der Waals surface area contributed by atoms with Gasteiger partial charge in [0.15, 0.2) is 0 Å². The summed E-state index contributed by atoms with van der Waals surface area (Å²) in [5.41, 5.74) is 8.90. The lowest BCUT2D eigenvalue weighted by molar-refractivity contribution is -0.139. The third-order valence-corrected chi connectivity index (χ3v) is 13.5. The van der Waals surface area contributed by atoms with Crippen LogP contribution in [0, 0.1) is 5.92 Å². The number of carbonyl (C=O) groups excluding carboxylic acids is 3. The van der Waals surface area contributed by atoms with Gasteiger partial charge in [0, 0.05) is 35.2 Å². The highest BCUT2D eigenvalue weighted by molar-refractivity contribution is 14.1. The molecule has 304 valence electrons. The third kappa shape index (κ3) is 9.68. The van der Waals surface area contributed by atoms with Crippen LogP contribution in [-0.2, 0) is 19.1 Å². The number of thiazole rings is 1. The number of hydrogen-bond donors (Lipinski definition) is 3. The number of imidazole rings is 1. The number of nitrogens with one attached hydrogen (secondary N) is 1. The van der Waals surface area contributed by atoms with Crippen molar-refractivity contribution in [3.8, 4) is 16.6 Å². The monoisotopic (exact) mass is 902 g/mol. The number of amides is 3. The van der Waals surface area contributed by atoms with Crippen LogP contribution in [0.25, 0.3) is 21.6 Å². The molecule has 2 saturated carbocycles. The molecule has 1 aliphatic heterocycles. The molecule has 2 aliphatic carbocycles. The van der Waals surface area contributed by atoms with Gasteiger partial charge in [0.2, 0.25) is 11.8 Å². The summed E-state index contributed by atoms with van der Waals surface area (Å²) < 4.78 is 13.4. The second-order valence-electron chi connectivity index (χ2n) is 16.7. The molecule has 6 rings (SSSR count). The van der Waals surface area contributed by atoms with E-state index in [4.69, 9.17) is 25.2 Å². The molecule has 0 spiro atoms. The first-order valence-corrected chi connectivity index (χ1v) is 21.8. The van der Waals surface area contributed by atoms with Crippen molar-refractivity contribution in [1.82, 2.24) is 24.8 Å². The van der Waals surface area contributed by atoms with Gasteiger partial charge in [-0.2, -0.15) is 4.98 Å². The second kappa shape index (κ2) is 17.4. The Bertz CT molecular complexity index is 1950. The van der Waals surface area contributed by atoms with Gasteiger partial charge >= 0.3 is 12.1 Å². The van der Waals surface area contributed by atoms with Gasteiger partial charge < -0.3 is 30.5 Å². The number of aliphatic carboxylic acids is 1. The van der Waals surface area contributed by atoms with Crippen LogP contribution in [0.2, 0.25) is 0 Å². The number of alkyl carbamates (subject to hydrolysis) is 1. The molecule has 0 radical (unpaired) electrons. The highest BCUT2D eigenvalue weighted by Gasteiger charge is 2.57. The number of carboxylic acid groups (broad SMARTS) is 1. The Labute approximate surface area is 346 Å². The number of fused-ring (bicyclic) bond motifs is 1.